The van der Waals surface area contributed by atoms with Crippen LogP contribution in [-0.4, -0.2) is 34.8 Å². The molecule has 0 radical (unpaired) electrons. The lowest BCUT2D eigenvalue weighted by atomic mass is 10.1. The van der Waals surface area contributed by atoms with Crippen molar-refractivity contribution in [3.05, 3.63) is 23.5 Å². The van der Waals surface area contributed by atoms with E-state index < -0.39 is 0 Å². The highest BCUT2D eigenvalue weighted by Gasteiger charge is 2.39. The van der Waals surface area contributed by atoms with E-state index in [1.54, 1.807) is 5.31 Å². The summed E-state index contributed by atoms with van der Waals surface area (Å²) in [5.74, 6) is 0.628. The van der Waals surface area contributed by atoms with E-state index in [0.29, 0.717) is 16.2 Å². The van der Waals surface area contributed by atoms with Crippen molar-refractivity contribution in [2.45, 2.75) is 91.4 Å². The first-order valence-electron chi connectivity index (χ1n) is 10.0. The third kappa shape index (κ3) is 6.64. The first-order valence-corrected chi connectivity index (χ1v) is 11.4. The zero-order valence-electron chi connectivity index (χ0n) is 17.7. The fourth-order valence-electron chi connectivity index (χ4n) is 4.02. The lowest BCUT2D eigenvalue weighted by Gasteiger charge is -2.44. The molecule has 0 bridgehead atoms. The maximum atomic E-state index is 2.72. The van der Waals surface area contributed by atoms with Gasteiger partial charge in [0.15, 0.2) is 0 Å². The van der Waals surface area contributed by atoms with Gasteiger partial charge in [0.2, 0.25) is 0 Å². The average Bonchev–Trinajstić information content (AvgIpc) is 2.86. The summed E-state index contributed by atoms with van der Waals surface area (Å²) in [4.78, 5) is 2.72. The number of hydrogen-bond donors (Lipinski definition) is 0. The minimum Gasteiger partial charge on any atom is -0.302 e. The Kier molecular flexibility index (Phi) is 8.71. The third-order valence-corrected chi connectivity index (χ3v) is 8.38. The summed E-state index contributed by atoms with van der Waals surface area (Å²) in [6.07, 6.45) is 12.5. The summed E-state index contributed by atoms with van der Waals surface area (Å²) < 4.78 is 0. The number of hydrogen-bond acceptors (Lipinski definition) is 1. The molecular formula is C22H42NP. The van der Waals surface area contributed by atoms with Crippen molar-refractivity contribution in [2.75, 3.05) is 19.6 Å². The Morgan fingerprint density at radius 3 is 1.83 bits per heavy atom. The quantitative estimate of drug-likeness (QED) is 0.403. The third-order valence-electron chi connectivity index (χ3n) is 4.70. The molecule has 0 aromatic carbocycles. The van der Waals surface area contributed by atoms with E-state index in [2.05, 4.69) is 78.5 Å². The van der Waals surface area contributed by atoms with Gasteiger partial charge in [0.05, 0.1) is 0 Å². The highest BCUT2D eigenvalue weighted by Crippen LogP contribution is 2.67. The molecule has 0 fully saturated rings. The molecule has 0 saturated heterocycles. The van der Waals surface area contributed by atoms with Gasteiger partial charge in [-0.3, -0.25) is 0 Å². The van der Waals surface area contributed by atoms with Crippen LogP contribution in [0.15, 0.2) is 23.5 Å². The predicted molar refractivity (Wildman–Crippen MR) is 113 cm³/mol. The Bertz CT molecular complexity index is 400. The fourth-order valence-corrected chi connectivity index (χ4v) is 8.32. The molecule has 0 amide bonds. The second kappa shape index (κ2) is 9.54. The summed E-state index contributed by atoms with van der Waals surface area (Å²) in [6, 6.07) is 0. The van der Waals surface area contributed by atoms with Gasteiger partial charge in [0, 0.05) is 12.5 Å². The zero-order valence-corrected chi connectivity index (χ0v) is 18.5. The normalized spacial score (nSPS) is 18.8. The lowest BCUT2D eigenvalue weighted by Crippen LogP contribution is -2.33. The van der Waals surface area contributed by atoms with Crippen LogP contribution in [0.4, 0.5) is 0 Å². The summed E-state index contributed by atoms with van der Waals surface area (Å²) in [5.41, 5.74) is 0. The number of rotatable bonds is 9. The van der Waals surface area contributed by atoms with E-state index in [1.807, 2.05) is 0 Å². The maximum Gasteiger partial charge on any atom is 0.0154 e. The summed E-state index contributed by atoms with van der Waals surface area (Å²) in [7, 11) is -0.168. The van der Waals surface area contributed by atoms with E-state index in [0.717, 1.165) is 0 Å². The van der Waals surface area contributed by atoms with Crippen LogP contribution in [-0.2, 0) is 0 Å². The Balaban J connectivity index is 2.89. The number of allylic oxidation sites excluding steroid dienone is 2. The molecule has 1 rings (SSSR count). The molecule has 1 aliphatic rings. The van der Waals surface area contributed by atoms with E-state index >= 15 is 0 Å². The van der Waals surface area contributed by atoms with Gasteiger partial charge in [-0.05, 0) is 41.6 Å². The first kappa shape index (κ1) is 21.9. The van der Waals surface area contributed by atoms with E-state index in [1.165, 1.54) is 45.3 Å². The van der Waals surface area contributed by atoms with E-state index in [-0.39, 0.29) is 7.92 Å². The molecule has 24 heavy (non-hydrogen) atoms. The SMILES string of the molecule is CCCCN(CCCC)CC1C=CC=C1P(C(C)(C)C)C(C)(C)C. The molecule has 0 saturated carbocycles. The van der Waals surface area contributed by atoms with Gasteiger partial charge in [-0.2, -0.15) is 0 Å². The van der Waals surface area contributed by atoms with Crippen molar-refractivity contribution in [3.8, 4) is 0 Å². The second-order valence-corrected chi connectivity index (χ2v) is 13.1. The van der Waals surface area contributed by atoms with E-state index in [9.17, 15) is 0 Å². The Labute approximate surface area is 153 Å². The van der Waals surface area contributed by atoms with E-state index in [4.69, 9.17) is 0 Å². The molecule has 0 aromatic heterocycles. The number of nitrogens with zero attached hydrogens (tertiary/aromatic N) is 1. The Morgan fingerprint density at radius 1 is 0.917 bits per heavy atom. The molecule has 0 aliphatic heterocycles. The minimum atomic E-state index is -0.168. The fraction of sp³-hybridized carbons (Fsp3) is 0.818. The van der Waals surface area contributed by atoms with Crippen LogP contribution >= 0.6 is 7.92 Å². The molecule has 0 N–H and O–H groups in total. The number of unbranched alkanes of at least 4 members (excludes halogenated alkanes) is 2. The van der Waals surface area contributed by atoms with Crippen LogP contribution in [0.2, 0.25) is 0 Å². The molecule has 1 unspecified atom stereocenters. The summed E-state index contributed by atoms with van der Waals surface area (Å²) in [5, 5.41) is 2.45. The van der Waals surface area contributed by atoms with Crippen LogP contribution in [0.25, 0.3) is 0 Å². The van der Waals surface area contributed by atoms with Crippen LogP contribution in [0.1, 0.15) is 81.1 Å². The van der Waals surface area contributed by atoms with Gasteiger partial charge < -0.3 is 4.90 Å². The van der Waals surface area contributed by atoms with Crippen LogP contribution in [0, 0.1) is 5.92 Å². The zero-order chi connectivity index (χ0) is 18.4. The smallest absolute Gasteiger partial charge is 0.0154 e. The van der Waals surface area contributed by atoms with Crippen LogP contribution in [0.3, 0.4) is 0 Å². The van der Waals surface area contributed by atoms with Crippen molar-refractivity contribution in [3.63, 3.8) is 0 Å². The van der Waals surface area contributed by atoms with Gasteiger partial charge in [0.1, 0.15) is 0 Å². The molecular weight excluding hydrogens is 309 g/mol. The Hall–Kier alpha value is -0.130. The second-order valence-electron chi connectivity index (χ2n) is 9.27. The molecule has 1 aliphatic carbocycles. The van der Waals surface area contributed by atoms with Gasteiger partial charge >= 0.3 is 0 Å². The van der Waals surface area contributed by atoms with Crippen molar-refractivity contribution in [1.29, 1.82) is 0 Å². The van der Waals surface area contributed by atoms with Crippen molar-refractivity contribution in [2.24, 2.45) is 5.92 Å². The molecule has 0 spiro atoms. The predicted octanol–water partition coefficient (Wildman–Crippen LogP) is 7.04. The van der Waals surface area contributed by atoms with Gasteiger partial charge in [0.25, 0.3) is 0 Å². The first-order chi connectivity index (χ1) is 11.1. The standard InChI is InChI=1S/C22H42NP/c1-9-11-16-23(17-12-10-2)18-19-14-13-15-20(19)24(21(3,4)5)22(6,7)8/h13-15,19H,9-12,16-18H2,1-8H3. The summed E-state index contributed by atoms with van der Waals surface area (Å²) in [6.45, 7) is 23.0. The summed E-state index contributed by atoms with van der Waals surface area (Å²) >= 11 is 0. The Morgan fingerprint density at radius 2 is 1.42 bits per heavy atom. The molecule has 1 atom stereocenters. The minimum absolute atomic E-state index is 0.168. The highest BCUT2D eigenvalue weighted by atomic mass is 31.1. The molecule has 0 aromatic rings. The van der Waals surface area contributed by atoms with Crippen LogP contribution in [0.5, 0.6) is 0 Å². The molecule has 1 nitrogen and oxygen atoms in total. The average molecular weight is 352 g/mol. The van der Waals surface area contributed by atoms with Crippen molar-refractivity contribution in [1.82, 2.24) is 4.90 Å². The molecule has 2 heteroatoms. The molecule has 140 valence electrons. The van der Waals surface area contributed by atoms with Gasteiger partial charge in [-0.15, -0.1) is 0 Å². The van der Waals surface area contributed by atoms with Crippen LogP contribution < -0.4 is 0 Å². The van der Waals surface area contributed by atoms with Gasteiger partial charge in [-0.1, -0.05) is 94.4 Å². The van der Waals surface area contributed by atoms with Crippen molar-refractivity contribution < 1.29 is 0 Å². The molecule has 0 heterocycles. The van der Waals surface area contributed by atoms with Crippen molar-refractivity contribution >= 4 is 7.92 Å². The largest absolute Gasteiger partial charge is 0.302 e. The van der Waals surface area contributed by atoms with Gasteiger partial charge in [-0.25, -0.2) is 0 Å². The monoisotopic (exact) mass is 351 g/mol. The maximum absolute atomic E-state index is 2.72. The topological polar surface area (TPSA) is 3.24 Å². The highest BCUT2D eigenvalue weighted by molar-refractivity contribution is 7.65. The lowest BCUT2D eigenvalue weighted by molar-refractivity contribution is 0.252.